The van der Waals surface area contributed by atoms with Crippen molar-refractivity contribution in [1.29, 1.82) is 0 Å². The van der Waals surface area contributed by atoms with Gasteiger partial charge in [-0.1, -0.05) is 24.1 Å². The van der Waals surface area contributed by atoms with Crippen LogP contribution in [0, 0.1) is 34.5 Å². The van der Waals surface area contributed by atoms with Crippen LogP contribution < -0.4 is 0 Å². The molecule has 0 unspecified atom stereocenters. The predicted molar refractivity (Wildman–Crippen MR) is 132 cm³/mol. The first kappa shape index (κ1) is 24.5. The Balaban J connectivity index is 1.50. The first-order valence-electron chi connectivity index (χ1n) is 13.4. The predicted octanol–water partition coefficient (Wildman–Crippen LogP) is 5.14. The lowest BCUT2D eigenvalue weighted by Gasteiger charge is -2.62. The molecule has 2 N–H and O–H groups in total. The average molecular weight is 473 g/mol. The number of methoxy groups -OCH3 is 1. The minimum Gasteiger partial charge on any atom is -0.494 e. The fourth-order valence-corrected chi connectivity index (χ4v) is 8.85. The molecule has 9 atom stereocenters. The first-order valence-corrected chi connectivity index (χ1v) is 13.4. The zero-order valence-electron chi connectivity index (χ0n) is 21.5. The third kappa shape index (κ3) is 3.65. The van der Waals surface area contributed by atoms with Crippen LogP contribution in [-0.4, -0.2) is 49.0 Å². The molecule has 1 heterocycles. The Morgan fingerprint density at radius 1 is 1.29 bits per heavy atom. The smallest absolute Gasteiger partial charge is 0.146 e. The van der Waals surface area contributed by atoms with E-state index >= 15 is 0 Å². The summed E-state index contributed by atoms with van der Waals surface area (Å²) in [7, 11) is 1.70. The molecule has 0 aromatic carbocycles. The number of aliphatic hydroxyl groups excluding tert-OH is 2. The molecule has 1 spiro atoms. The highest BCUT2D eigenvalue weighted by atomic mass is 16.7. The van der Waals surface area contributed by atoms with Crippen LogP contribution in [-0.2, 0) is 14.2 Å². The van der Waals surface area contributed by atoms with Gasteiger partial charge in [0.1, 0.15) is 25.3 Å². The summed E-state index contributed by atoms with van der Waals surface area (Å²) in [6, 6.07) is 0. The normalized spacial score (nSPS) is 44.2. The van der Waals surface area contributed by atoms with Crippen LogP contribution in [0.4, 0.5) is 0 Å². The Morgan fingerprint density at radius 2 is 2.09 bits per heavy atom. The van der Waals surface area contributed by atoms with Crippen molar-refractivity contribution in [1.82, 2.24) is 0 Å². The second kappa shape index (κ2) is 9.06. The summed E-state index contributed by atoms with van der Waals surface area (Å²) in [6.07, 6.45) is 9.69. The fourth-order valence-electron chi connectivity index (χ4n) is 8.85. The number of fused-ring (bicyclic) bond motifs is 4. The minimum absolute atomic E-state index is 0.0321. The standard InChI is InChI=1S/C29H44O5/c1-17(2)12-25(31)27-18(3)22-8-9-23-21-7-6-19-13-20(30)10-11-28(19,4)24(21)14-26(34-16-32-5)29(22,23)15-33-27/h9,19-22,24-26,30-31H,1,6-8,10-16H2,2-5H3/t19-,20-,21-,22+,24-,25-,26+,28-,29+/m0/s1. The van der Waals surface area contributed by atoms with Crippen LogP contribution in [0.15, 0.2) is 35.1 Å². The SMILES string of the molecule is C=C(C)C[C@H](O)C1=C(C)[C@H]2CC=C3[C@@H]4CC[C@H]5C[C@@H](O)CC[C@]5(C)[C@H]4C[C@@H](OCOC)[C@@]32CO1. The third-order valence-electron chi connectivity index (χ3n) is 10.4. The second-order valence-electron chi connectivity index (χ2n) is 12.2. The average Bonchev–Trinajstić information content (AvgIpc) is 3.19. The molecule has 34 heavy (non-hydrogen) atoms. The molecule has 0 bridgehead atoms. The molecule has 5 heteroatoms. The maximum absolute atomic E-state index is 10.9. The van der Waals surface area contributed by atoms with Gasteiger partial charge >= 0.3 is 0 Å². The number of ether oxygens (including phenoxy) is 3. The quantitative estimate of drug-likeness (QED) is 0.414. The van der Waals surface area contributed by atoms with E-state index in [1.807, 2.05) is 6.92 Å². The van der Waals surface area contributed by atoms with Gasteiger partial charge in [-0.05, 0) is 87.5 Å². The van der Waals surface area contributed by atoms with E-state index in [0.29, 0.717) is 36.7 Å². The molecule has 5 nitrogen and oxygen atoms in total. The lowest BCUT2D eigenvalue weighted by molar-refractivity contribution is -0.184. The molecule has 0 saturated heterocycles. The molecule has 3 saturated carbocycles. The van der Waals surface area contributed by atoms with E-state index in [1.54, 1.807) is 12.7 Å². The Morgan fingerprint density at radius 3 is 2.82 bits per heavy atom. The van der Waals surface area contributed by atoms with Gasteiger partial charge in [0.2, 0.25) is 0 Å². The third-order valence-corrected chi connectivity index (χ3v) is 10.4. The molecule has 1 aliphatic heterocycles. The number of allylic oxidation sites excluding steroid dienone is 2. The van der Waals surface area contributed by atoms with Crippen molar-refractivity contribution in [2.45, 2.75) is 90.4 Å². The van der Waals surface area contributed by atoms with Crippen LogP contribution in [0.5, 0.6) is 0 Å². The molecule has 0 radical (unpaired) electrons. The van der Waals surface area contributed by atoms with Crippen LogP contribution >= 0.6 is 0 Å². The van der Waals surface area contributed by atoms with Gasteiger partial charge in [0.15, 0.2) is 0 Å². The summed E-state index contributed by atoms with van der Waals surface area (Å²) < 4.78 is 18.4. The van der Waals surface area contributed by atoms with E-state index in [1.165, 1.54) is 18.4 Å². The Kier molecular flexibility index (Phi) is 6.54. The van der Waals surface area contributed by atoms with Gasteiger partial charge in [-0.2, -0.15) is 0 Å². The van der Waals surface area contributed by atoms with Crippen LogP contribution in [0.2, 0.25) is 0 Å². The van der Waals surface area contributed by atoms with E-state index < -0.39 is 6.10 Å². The van der Waals surface area contributed by atoms with Gasteiger partial charge in [0.05, 0.1) is 17.6 Å². The zero-order chi connectivity index (χ0) is 24.3. The monoisotopic (exact) mass is 472 g/mol. The molecule has 5 rings (SSSR count). The molecule has 0 aromatic rings. The Bertz CT molecular complexity index is 876. The molecule has 5 aliphatic rings. The highest BCUT2D eigenvalue weighted by Crippen LogP contribution is 2.68. The summed E-state index contributed by atoms with van der Waals surface area (Å²) in [5.41, 5.74) is 3.77. The topological polar surface area (TPSA) is 68.2 Å². The first-order chi connectivity index (χ1) is 16.2. The van der Waals surface area contributed by atoms with Crippen molar-refractivity contribution >= 4 is 0 Å². The number of hydrogen-bond acceptors (Lipinski definition) is 5. The van der Waals surface area contributed by atoms with Gasteiger partial charge < -0.3 is 24.4 Å². The minimum atomic E-state index is -0.628. The van der Waals surface area contributed by atoms with E-state index in [2.05, 4.69) is 26.5 Å². The number of hydrogen-bond donors (Lipinski definition) is 2. The van der Waals surface area contributed by atoms with Crippen molar-refractivity contribution in [3.05, 3.63) is 35.1 Å². The van der Waals surface area contributed by atoms with Gasteiger partial charge in [-0.3, -0.25) is 0 Å². The second-order valence-corrected chi connectivity index (χ2v) is 12.2. The van der Waals surface area contributed by atoms with Crippen LogP contribution in [0.1, 0.15) is 72.1 Å². The highest BCUT2D eigenvalue weighted by Gasteiger charge is 2.64. The Hall–Kier alpha value is -1.14. The van der Waals surface area contributed by atoms with Crippen molar-refractivity contribution in [3.8, 4) is 0 Å². The lowest BCUT2D eigenvalue weighted by Crippen LogP contribution is -2.60. The molecular weight excluding hydrogens is 428 g/mol. The summed E-state index contributed by atoms with van der Waals surface area (Å²) in [4.78, 5) is 0. The molecular formula is C29H44O5. The lowest BCUT2D eigenvalue weighted by atomic mass is 9.44. The van der Waals surface area contributed by atoms with E-state index in [0.717, 1.165) is 43.4 Å². The summed E-state index contributed by atoms with van der Waals surface area (Å²) >= 11 is 0. The molecule has 4 aliphatic carbocycles. The number of aliphatic hydroxyl groups is 2. The zero-order valence-corrected chi connectivity index (χ0v) is 21.5. The maximum Gasteiger partial charge on any atom is 0.146 e. The van der Waals surface area contributed by atoms with Crippen molar-refractivity contribution in [2.75, 3.05) is 20.5 Å². The van der Waals surface area contributed by atoms with Crippen molar-refractivity contribution < 1.29 is 24.4 Å². The summed E-state index contributed by atoms with van der Waals surface area (Å²) in [6.45, 7) is 11.4. The molecule has 190 valence electrons. The van der Waals surface area contributed by atoms with E-state index in [-0.39, 0.29) is 29.8 Å². The van der Waals surface area contributed by atoms with Crippen molar-refractivity contribution in [3.63, 3.8) is 0 Å². The molecule has 0 amide bonds. The van der Waals surface area contributed by atoms with Crippen LogP contribution in [0.3, 0.4) is 0 Å². The molecule has 0 aromatic heterocycles. The molecule has 3 fully saturated rings. The van der Waals surface area contributed by atoms with Crippen LogP contribution in [0.25, 0.3) is 0 Å². The largest absolute Gasteiger partial charge is 0.494 e. The summed E-state index contributed by atoms with van der Waals surface area (Å²) in [5, 5.41) is 21.3. The number of rotatable bonds is 6. The maximum atomic E-state index is 10.9. The van der Waals surface area contributed by atoms with Gasteiger partial charge in [0.25, 0.3) is 0 Å². The van der Waals surface area contributed by atoms with Gasteiger partial charge in [0, 0.05) is 19.4 Å². The van der Waals surface area contributed by atoms with Gasteiger partial charge in [-0.25, -0.2) is 0 Å². The fraction of sp³-hybridized carbons (Fsp3) is 0.793. The van der Waals surface area contributed by atoms with Gasteiger partial charge in [-0.15, -0.1) is 6.58 Å². The Labute approximate surface area is 205 Å². The van der Waals surface area contributed by atoms with Crippen molar-refractivity contribution in [2.24, 2.45) is 34.5 Å². The van der Waals surface area contributed by atoms with E-state index in [4.69, 9.17) is 14.2 Å². The highest BCUT2D eigenvalue weighted by molar-refractivity contribution is 5.40. The summed E-state index contributed by atoms with van der Waals surface area (Å²) in [5.74, 6) is 2.77. The van der Waals surface area contributed by atoms with E-state index in [9.17, 15) is 10.2 Å².